The van der Waals surface area contributed by atoms with Crippen LogP contribution in [-0.4, -0.2) is 39.3 Å². The van der Waals surface area contributed by atoms with Gasteiger partial charge in [-0.15, -0.1) is 0 Å². The minimum Gasteiger partial charge on any atom is -0.496 e. The van der Waals surface area contributed by atoms with Crippen molar-refractivity contribution in [1.82, 2.24) is 0 Å². The lowest BCUT2D eigenvalue weighted by atomic mass is 10.2. The van der Waals surface area contributed by atoms with Crippen LogP contribution in [0, 0.1) is 0 Å². The number of ether oxygens (including phenoxy) is 4. The maximum absolute atomic E-state index is 12.1. The van der Waals surface area contributed by atoms with E-state index in [0.29, 0.717) is 35.1 Å². The molecule has 7 nitrogen and oxygen atoms in total. The summed E-state index contributed by atoms with van der Waals surface area (Å²) in [6.07, 6.45) is 0.763. The molecule has 0 aliphatic heterocycles. The molecule has 27 heavy (non-hydrogen) atoms. The Kier molecular flexibility index (Phi) is 7.49. The summed E-state index contributed by atoms with van der Waals surface area (Å²) in [4.78, 5) is 23.8. The minimum atomic E-state index is -0.384. The molecule has 0 bridgehead atoms. The second kappa shape index (κ2) is 10.1. The molecule has 0 unspecified atom stereocenters. The van der Waals surface area contributed by atoms with Crippen LogP contribution < -0.4 is 19.5 Å². The first-order chi connectivity index (χ1) is 13.0. The molecule has 1 N–H and O–H groups in total. The molecule has 0 saturated carbocycles. The van der Waals surface area contributed by atoms with Crippen molar-refractivity contribution >= 4 is 17.6 Å². The third-order valence-electron chi connectivity index (χ3n) is 3.54. The molecule has 0 aliphatic rings. The highest BCUT2D eigenvalue weighted by Crippen LogP contribution is 2.27. The largest absolute Gasteiger partial charge is 0.496 e. The van der Waals surface area contributed by atoms with Crippen LogP contribution in [0.2, 0.25) is 0 Å². The smallest absolute Gasteiger partial charge is 0.338 e. The second-order valence-electron chi connectivity index (χ2n) is 5.60. The first-order valence-corrected chi connectivity index (χ1v) is 8.48. The first kappa shape index (κ1) is 20.1. The van der Waals surface area contributed by atoms with Gasteiger partial charge in [-0.1, -0.05) is 6.92 Å². The number of nitrogens with one attached hydrogen (secondary N) is 1. The van der Waals surface area contributed by atoms with Crippen LogP contribution in [0.25, 0.3) is 0 Å². The maximum atomic E-state index is 12.1. The van der Waals surface area contributed by atoms with E-state index < -0.39 is 0 Å². The molecular formula is C20H23NO6. The molecule has 7 heteroatoms. The Morgan fingerprint density at radius 1 is 0.926 bits per heavy atom. The third-order valence-corrected chi connectivity index (χ3v) is 3.54. The van der Waals surface area contributed by atoms with Gasteiger partial charge in [0, 0.05) is 23.9 Å². The van der Waals surface area contributed by atoms with Crippen molar-refractivity contribution in [1.29, 1.82) is 0 Å². The molecule has 2 aromatic carbocycles. The number of carbonyl (C=O) groups excluding carboxylic acids is 2. The van der Waals surface area contributed by atoms with Gasteiger partial charge in [-0.05, 0) is 30.7 Å². The number of anilines is 1. The Hall–Kier alpha value is -3.22. The van der Waals surface area contributed by atoms with E-state index in [1.807, 2.05) is 6.92 Å². The number of esters is 1. The third kappa shape index (κ3) is 6.22. The summed E-state index contributed by atoms with van der Waals surface area (Å²) in [5, 5.41) is 2.70. The molecule has 0 atom stereocenters. The van der Waals surface area contributed by atoms with E-state index in [9.17, 15) is 9.59 Å². The van der Waals surface area contributed by atoms with Crippen LogP contribution in [-0.2, 0) is 9.53 Å². The van der Waals surface area contributed by atoms with Gasteiger partial charge < -0.3 is 24.3 Å². The summed E-state index contributed by atoms with van der Waals surface area (Å²) >= 11 is 0. The standard InChI is InChI=1S/C20H23NO6/c1-4-9-26-20(23)14-5-7-15(8-6-14)21-19(22)13-27-18-11-16(24-2)10-17(12-18)25-3/h5-8,10-12H,4,9,13H2,1-3H3,(H,21,22). The normalized spacial score (nSPS) is 10.0. The van der Waals surface area contributed by atoms with E-state index in [-0.39, 0.29) is 18.5 Å². The van der Waals surface area contributed by atoms with Crippen LogP contribution in [0.15, 0.2) is 42.5 Å². The quantitative estimate of drug-likeness (QED) is 0.679. The van der Waals surface area contributed by atoms with E-state index in [2.05, 4.69) is 5.32 Å². The molecule has 0 heterocycles. The average Bonchev–Trinajstić information content (AvgIpc) is 2.70. The zero-order chi connectivity index (χ0) is 19.6. The number of carbonyl (C=O) groups is 2. The summed E-state index contributed by atoms with van der Waals surface area (Å²) in [6, 6.07) is 11.5. The van der Waals surface area contributed by atoms with Crippen LogP contribution >= 0.6 is 0 Å². The topological polar surface area (TPSA) is 83.1 Å². The van der Waals surface area contributed by atoms with Gasteiger partial charge in [-0.3, -0.25) is 4.79 Å². The van der Waals surface area contributed by atoms with Gasteiger partial charge >= 0.3 is 5.97 Å². The number of amides is 1. The minimum absolute atomic E-state index is 0.184. The van der Waals surface area contributed by atoms with E-state index in [1.54, 1.807) is 42.5 Å². The summed E-state index contributed by atoms with van der Waals surface area (Å²) in [5.74, 6) is 0.865. The van der Waals surface area contributed by atoms with E-state index in [0.717, 1.165) is 6.42 Å². The number of rotatable bonds is 9. The lowest BCUT2D eigenvalue weighted by Gasteiger charge is -2.11. The summed E-state index contributed by atoms with van der Waals surface area (Å²) in [7, 11) is 3.07. The summed E-state index contributed by atoms with van der Waals surface area (Å²) < 4.78 is 20.9. The maximum Gasteiger partial charge on any atom is 0.338 e. The molecular weight excluding hydrogens is 350 g/mol. The fourth-order valence-electron chi connectivity index (χ4n) is 2.18. The monoisotopic (exact) mass is 373 g/mol. The molecule has 0 aromatic heterocycles. The van der Waals surface area contributed by atoms with Gasteiger partial charge in [0.2, 0.25) is 0 Å². The molecule has 2 aromatic rings. The van der Waals surface area contributed by atoms with Gasteiger partial charge in [0.05, 0.1) is 26.4 Å². The summed E-state index contributed by atoms with van der Waals surface area (Å²) in [6.45, 7) is 2.12. The molecule has 2 rings (SSSR count). The van der Waals surface area contributed by atoms with Gasteiger partial charge in [0.1, 0.15) is 17.2 Å². The van der Waals surface area contributed by atoms with Crippen LogP contribution in [0.3, 0.4) is 0 Å². The van der Waals surface area contributed by atoms with Crippen LogP contribution in [0.1, 0.15) is 23.7 Å². The van der Waals surface area contributed by atoms with Crippen molar-refractivity contribution in [2.24, 2.45) is 0 Å². The SMILES string of the molecule is CCCOC(=O)c1ccc(NC(=O)COc2cc(OC)cc(OC)c2)cc1. The molecule has 0 saturated heterocycles. The Morgan fingerprint density at radius 3 is 2.07 bits per heavy atom. The van der Waals surface area contributed by atoms with Gasteiger partial charge in [-0.25, -0.2) is 4.79 Å². The highest BCUT2D eigenvalue weighted by molar-refractivity contribution is 5.93. The molecule has 0 radical (unpaired) electrons. The van der Waals surface area contributed by atoms with E-state index in [4.69, 9.17) is 18.9 Å². The molecule has 0 spiro atoms. The first-order valence-electron chi connectivity index (χ1n) is 8.48. The molecule has 144 valence electrons. The zero-order valence-corrected chi connectivity index (χ0v) is 15.6. The Bertz CT molecular complexity index is 750. The van der Waals surface area contributed by atoms with Crippen molar-refractivity contribution in [3.63, 3.8) is 0 Å². The molecule has 0 fully saturated rings. The van der Waals surface area contributed by atoms with E-state index in [1.165, 1.54) is 14.2 Å². The van der Waals surface area contributed by atoms with Crippen molar-refractivity contribution in [2.45, 2.75) is 13.3 Å². The number of methoxy groups -OCH3 is 2. The Balaban J connectivity index is 1.89. The molecule has 1 amide bonds. The predicted molar refractivity (Wildman–Crippen MR) is 101 cm³/mol. The van der Waals surface area contributed by atoms with Crippen LogP contribution in [0.5, 0.6) is 17.2 Å². The fraction of sp³-hybridized carbons (Fsp3) is 0.300. The van der Waals surface area contributed by atoms with Crippen molar-refractivity contribution in [2.75, 3.05) is 32.8 Å². The van der Waals surface area contributed by atoms with Crippen molar-refractivity contribution in [3.8, 4) is 17.2 Å². The fourth-order valence-corrected chi connectivity index (χ4v) is 2.18. The van der Waals surface area contributed by atoms with Gasteiger partial charge in [-0.2, -0.15) is 0 Å². The van der Waals surface area contributed by atoms with Crippen LogP contribution in [0.4, 0.5) is 5.69 Å². The van der Waals surface area contributed by atoms with Crippen molar-refractivity contribution < 1.29 is 28.5 Å². The number of hydrogen-bond acceptors (Lipinski definition) is 6. The average molecular weight is 373 g/mol. The predicted octanol–water partition coefficient (Wildman–Crippen LogP) is 3.29. The zero-order valence-electron chi connectivity index (χ0n) is 15.6. The lowest BCUT2D eigenvalue weighted by Crippen LogP contribution is -2.20. The number of benzene rings is 2. The lowest BCUT2D eigenvalue weighted by molar-refractivity contribution is -0.118. The van der Waals surface area contributed by atoms with E-state index >= 15 is 0 Å². The highest BCUT2D eigenvalue weighted by atomic mass is 16.5. The second-order valence-corrected chi connectivity index (χ2v) is 5.60. The molecule has 0 aliphatic carbocycles. The number of hydrogen-bond donors (Lipinski definition) is 1. The Morgan fingerprint density at radius 2 is 1.52 bits per heavy atom. The summed E-state index contributed by atoms with van der Waals surface area (Å²) in [5.41, 5.74) is 0.986. The van der Waals surface area contributed by atoms with Gasteiger partial charge in [0.15, 0.2) is 6.61 Å². The van der Waals surface area contributed by atoms with Gasteiger partial charge in [0.25, 0.3) is 5.91 Å². The highest BCUT2D eigenvalue weighted by Gasteiger charge is 2.09. The van der Waals surface area contributed by atoms with Crippen molar-refractivity contribution in [3.05, 3.63) is 48.0 Å². The Labute approximate surface area is 158 Å².